The van der Waals surface area contributed by atoms with Crippen LogP contribution in [-0.4, -0.2) is 25.7 Å². The maximum absolute atomic E-state index is 5.26. The average molecular weight is 305 g/mol. The minimum atomic E-state index is 0.554. The Morgan fingerprint density at radius 1 is 1.38 bits per heavy atom. The van der Waals surface area contributed by atoms with E-state index >= 15 is 0 Å². The van der Waals surface area contributed by atoms with Crippen molar-refractivity contribution in [2.45, 2.75) is 27.0 Å². The van der Waals surface area contributed by atoms with E-state index in [4.69, 9.17) is 9.72 Å². The van der Waals surface area contributed by atoms with Crippen LogP contribution in [0.3, 0.4) is 0 Å². The molecule has 0 radical (unpaired) electrons. The van der Waals surface area contributed by atoms with Crippen molar-refractivity contribution in [3.63, 3.8) is 0 Å². The molecule has 2 aromatic rings. The number of rotatable bonds is 7. The molecule has 0 aliphatic rings. The standard InChI is InChI=1S/C16H23N3OS/c1-5-19(13-8-6-7-12(2)9-13)16-18-14(11-20-4)15(21-16)10-17-3/h6-9,17H,5,10-11H2,1-4H3. The number of nitrogens with zero attached hydrogens (tertiary/aromatic N) is 2. The van der Waals surface area contributed by atoms with E-state index in [1.54, 1.807) is 18.4 Å². The molecule has 0 atom stereocenters. The zero-order chi connectivity index (χ0) is 15.2. The van der Waals surface area contributed by atoms with Crippen LogP contribution in [0.2, 0.25) is 0 Å². The van der Waals surface area contributed by atoms with Crippen molar-refractivity contribution in [3.8, 4) is 0 Å². The van der Waals surface area contributed by atoms with Gasteiger partial charge in [-0.1, -0.05) is 23.5 Å². The van der Waals surface area contributed by atoms with Gasteiger partial charge in [0, 0.05) is 30.8 Å². The molecule has 2 rings (SSSR count). The zero-order valence-electron chi connectivity index (χ0n) is 13.1. The van der Waals surface area contributed by atoms with Gasteiger partial charge in [0.2, 0.25) is 0 Å². The van der Waals surface area contributed by atoms with E-state index in [0.717, 1.165) is 23.9 Å². The number of hydrogen-bond acceptors (Lipinski definition) is 5. The molecule has 5 heteroatoms. The molecule has 1 aromatic carbocycles. The Kier molecular flexibility index (Phi) is 5.73. The molecular formula is C16H23N3OS. The van der Waals surface area contributed by atoms with Gasteiger partial charge >= 0.3 is 0 Å². The van der Waals surface area contributed by atoms with Crippen molar-refractivity contribution in [3.05, 3.63) is 40.4 Å². The van der Waals surface area contributed by atoms with Gasteiger partial charge in [0.25, 0.3) is 0 Å². The highest BCUT2D eigenvalue weighted by Gasteiger charge is 2.16. The highest BCUT2D eigenvalue weighted by Crippen LogP contribution is 2.32. The molecular weight excluding hydrogens is 282 g/mol. The van der Waals surface area contributed by atoms with E-state index < -0.39 is 0 Å². The van der Waals surface area contributed by atoms with Crippen LogP contribution in [0.25, 0.3) is 0 Å². The van der Waals surface area contributed by atoms with E-state index in [0.29, 0.717) is 6.61 Å². The molecule has 0 fully saturated rings. The number of aromatic nitrogens is 1. The van der Waals surface area contributed by atoms with Gasteiger partial charge in [0.05, 0.1) is 12.3 Å². The number of hydrogen-bond donors (Lipinski definition) is 1. The lowest BCUT2D eigenvalue weighted by Crippen LogP contribution is -2.15. The third-order valence-electron chi connectivity index (χ3n) is 3.25. The maximum Gasteiger partial charge on any atom is 0.190 e. The fourth-order valence-corrected chi connectivity index (χ4v) is 3.42. The lowest BCUT2D eigenvalue weighted by Gasteiger charge is -2.20. The lowest BCUT2D eigenvalue weighted by molar-refractivity contribution is 0.181. The fraction of sp³-hybridized carbons (Fsp3) is 0.438. The minimum Gasteiger partial charge on any atom is -0.378 e. The largest absolute Gasteiger partial charge is 0.378 e. The van der Waals surface area contributed by atoms with Crippen LogP contribution in [0.5, 0.6) is 0 Å². The van der Waals surface area contributed by atoms with Crippen LogP contribution in [-0.2, 0) is 17.9 Å². The van der Waals surface area contributed by atoms with Gasteiger partial charge in [0.1, 0.15) is 0 Å². The molecule has 1 N–H and O–H groups in total. The van der Waals surface area contributed by atoms with Crippen molar-refractivity contribution < 1.29 is 4.74 Å². The maximum atomic E-state index is 5.26. The number of nitrogens with one attached hydrogen (secondary N) is 1. The molecule has 0 unspecified atom stereocenters. The molecule has 0 aliphatic heterocycles. The molecule has 0 spiro atoms. The Hall–Kier alpha value is -1.43. The predicted molar refractivity (Wildman–Crippen MR) is 89.4 cm³/mol. The van der Waals surface area contributed by atoms with Crippen LogP contribution in [0, 0.1) is 6.92 Å². The Balaban J connectivity index is 2.35. The third kappa shape index (κ3) is 3.81. The van der Waals surface area contributed by atoms with Crippen LogP contribution < -0.4 is 10.2 Å². The zero-order valence-corrected chi connectivity index (χ0v) is 14.0. The summed E-state index contributed by atoms with van der Waals surface area (Å²) in [6.07, 6.45) is 0. The number of ether oxygens (including phenoxy) is 1. The number of thiazole rings is 1. The average Bonchev–Trinajstić information content (AvgIpc) is 2.84. The first-order valence-electron chi connectivity index (χ1n) is 7.15. The normalized spacial score (nSPS) is 10.9. The summed E-state index contributed by atoms with van der Waals surface area (Å²) in [6.45, 7) is 6.53. The SMILES string of the molecule is CCN(c1cccc(C)c1)c1nc(COC)c(CNC)s1. The predicted octanol–water partition coefficient (Wildman–Crippen LogP) is 3.48. The molecule has 1 aromatic heterocycles. The minimum absolute atomic E-state index is 0.554. The van der Waals surface area contributed by atoms with Gasteiger partial charge < -0.3 is 15.0 Å². The van der Waals surface area contributed by atoms with Gasteiger partial charge in [-0.3, -0.25) is 0 Å². The summed E-state index contributed by atoms with van der Waals surface area (Å²) in [4.78, 5) is 8.26. The van der Waals surface area contributed by atoms with Crippen molar-refractivity contribution >= 4 is 22.2 Å². The van der Waals surface area contributed by atoms with Gasteiger partial charge in [-0.05, 0) is 38.6 Å². The van der Waals surface area contributed by atoms with E-state index in [1.165, 1.54) is 16.1 Å². The Morgan fingerprint density at radius 2 is 2.19 bits per heavy atom. The summed E-state index contributed by atoms with van der Waals surface area (Å²) in [5, 5.41) is 4.23. The van der Waals surface area contributed by atoms with Crippen molar-refractivity contribution in [2.75, 3.05) is 25.6 Å². The van der Waals surface area contributed by atoms with E-state index in [2.05, 4.69) is 48.3 Å². The molecule has 1 heterocycles. The first kappa shape index (κ1) is 15.9. The first-order chi connectivity index (χ1) is 10.2. The molecule has 0 aliphatic carbocycles. The summed E-state index contributed by atoms with van der Waals surface area (Å²) < 4.78 is 5.26. The second-order valence-electron chi connectivity index (χ2n) is 4.91. The van der Waals surface area contributed by atoms with Crippen LogP contribution in [0.4, 0.5) is 10.8 Å². The second-order valence-corrected chi connectivity index (χ2v) is 5.97. The van der Waals surface area contributed by atoms with Crippen LogP contribution in [0.1, 0.15) is 23.1 Å². The van der Waals surface area contributed by atoms with Gasteiger partial charge in [-0.15, -0.1) is 0 Å². The summed E-state index contributed by atoms with van der Waals surface area (Å²) >= 11 is 1.73. The Morgan fingerprint density at radius 3 is 2.81 bits per heavy atom. The smallest absolute Gasteiger partial charge is 0.190 e. The van der Waals surface area contributed by atoms with Crippen molar-refractivity contribution in [2.24, 2.45) is 0 Å². The van der Waals surface area contributed by atoms with Crippen LogP contribution in [0.15, 0.2) is 24.3 Å². The molecule has 4 nitrogen and oxygen atoms in total. The van der Waals surface area contributed by atoms with E-state index in [1.807, 2.05) is 7.05 Å². The number of methoxy groups -OCH3 is 1. The monoisotopic (exact) mass is 305 g/mol. The Labute approximate surface area is 130 Å². The molecule has 0 bridgehead atoms. The van der Waals surface area contributed by atoms with Gasteiger partial charge in [0.15, 0.2) is 5.13 Å². The number of aryl methyl sites for hydroxylation is 1. The molecule has 114 valence electrons. The fourth-order valence-electron chi connectivity index (χ4n) is 2.26. The van der Waals surface area contributed by atoms with Crippen molar-refractivity contribution in [1.29, 1.82) is 0 Å². The van der Waals surface area contributed by atoms with E-state index in [9.17, 15) is 0 Å². The second kappa shape index (κ2) is 7.54. The van der Waals surface area contributed by atoms with Gasteiger partial charge in [-0.2, -0.15) is 0 Å². The van der Waals surface area contributed by atoms with Crippen LogP contribution >= 0.6 is 11.3 Å². The first-order valence-corrected chi connectivity index (χ1v) is 7.97. The highest BCUT2D eigenvalue weighted by atomic mass is 32.1. The quantitative estimate of drug-likeness (QED) is 0.850. The summed E-state index contributed by atoms with van der Waals surface area (Å²) in [7, 11) is 3.66. The summed E-state index contributed by atoms with van der Waals surface area (Å²) in [6, 6.07) is 8.53. The molecule has 21 heavy (non-hydrogen) atoms. The third-order valence-corrected chi connectivity index (χ3v) is 4.37. The lowest BCUT2D eigenvalue weighted by atomic mass is 10.2. The molecule has 0 saturated heterocycles. The summed E-state index contributed by atoms with van der Waals surface area (Å²) in [5.74, 6) is 0. The number of benzene rings is 1. The number of anilines is 2. The topological polar surface area (TPSA) is 37.4 Å². The molecule has 0 saturated carbocycles. The summed E-state index contributed by atoms with van der Waals surface area (Å²) in [5.41, 5.74) is 3.47. The van der Waals surface area contributed by atoms with Gasteiger partial charge in [-0.25, -0.2) is 4.98 Å². The van der Waals surface area contributed by atoms with E-state index in [-0.39, 0.29) is 0 Å². The van der Waals surface area contributed by atoms with Crippen molar-refractivity contribution in [1.82, 2.24) is 10.3 Å². The molecule has 0 amide bonds. The Bertz CT molecular complexity index is 559. The highest BCUT2D eigenvalue weighted by molar-refractivity contribution is 7.15.